The van der Waals surface area contributed by atoms with Crippen LogP contribution in [0.25, 0.3) is 0 Å². The van der Waals surface area contributed by atoms with Crippen molar-refractivity contribution >= 4 is 0 Å². The van der Waals surface area contributed by atoms with E-state index in [-0.39, 0.29) is 6.04 Å². The van der Waals surface area contributed by atoms with Gasteiger partial charge in [0.15, 0.2) is 0 Å². The molecular formula is C13H22N2O. The molecule has 0 aliphatic heterocycles. The van der Waals surface area contributed by atoms with Crippen LogP contribution in [0.3, 0.4) is 0 Å². The van der Waals surface area contributed by atoms with Gasteiger partial charge in [-0.2, -0.15) is 0 Å². The fraction of sp³-hybridized carbons (Fsp3) is 0.615. The summed E-state index contributed by atoms with van der Waals surface area (Å²) in [4.78, 5) is 4.15. The molecule has 1 unspecified atom stereocenters. The SMILES string of the molecule is CCCCCC(N)c1cncc(OCC)c1. The maximum absolute atomic E-state index is 6.11. The Labute approximate surface area is 98.0 Å². The molecular weight excluding hydrogens is 200 g/mol. The minimum Gasteiger partial charge on any atom is -0.492 e. The third-order valence-corrected chi connectivity index (χ3v) is 2.59. The van der Waals surface area contributed by atoms with Crippen molar-refractivity contribution in [3.63, 3.8) is 0 Å². The highest BCUT2D eigenvalue weighted by Crippen LogP contribution is 2.20. The van der Waals surface area contributed by atoms with Gasteiger partial charge in [-0.3, -0.25) is 4.98 Å². The molecule has 3 nitrogen and oxygen atoms in total. The number of hydrogen-bond donors (Lipinski definition) is 1. The molecule has 0 amide bonds. The molecule has 0 saturated carbocycles. The molecule has 16 heavy (non-hydrogen) atoms. The largest absolute Gasteiger partial charge is 0.492 e. The lowest BCUT2D eigenvalue weighted by atomic mass is 10.0. The van der Waals surface area contributed by atoms with Gasteiger partial charge in [0.2, 0.25) is 0 Å². The van der Waals surface area contributed by atoms with Gasteiger partial charge in [-0.05, 0) is 25.0 Å². The zero-order valence-corrected chi connectivity index (χ0v) is 10.3. The van der Waals surface area contributed by atoms with Gasteiger partial charge >= 0.3 is 0 Å². The summed E-state index contributed by atoms with van der Waals surface area (Å²) in [6.45, 7) is 4.83. The second kappa shape index (κ2) is 7.23. The summed E-state index contributed by atoms with van der Waals surface area (Å²) in [6.07, 6.45) is 8.22. The van der Waals surface area contributed by atoms with Crippen molar-refractivity contribution in [2.24, 2.45) is 5.73 Å². The summed E-state index contributed by atoms with van der Waals surface area (Å²) in [5.74, 6) is 0.811. The molecule has 0 spiro atoms. The zero-order valence-electron chi connectivity index (χ0n) is 10.3. The predicted octanol–water partition coefficient (Wildman–Crippen LogP) is 3.06. The van der Waals surface area contributed by atoms with Crippen LogP contribution >= 0.6 is 0 Å². The van der Waals surface area contributed by atoms with E-state index in [2.05, 4.69) is 11.9 Å². The Kier molecular flexibility index (Phi) is 5.86. The molecule has 90 valence electrons. The summed E-state index contributed by atoms with van der Waals surface area (Å²) >= 11 is 0. The quantitative estimate of drug-likeness (QED) is 0.721. The Morgan fingerprint density at radius 1 is 1.31 bits per heavy atom. The van der Waals surface area contributed by atoms with E-state index >= 15 is 0 Å². The molecule has 1 aromatic rings. The minimum absolute atomic E-state index is 0.0828. The molecule has 1 heterocycles. The number of nitrogens with two attached hydrogens (primary N) is 1. The van der Waals surface area contributed by atoms with E-state index in [1.165, 1.54) is 19.3 Å². The lowest BCUT2D eigenvalue weighted by Gasteiger charge is -2.12. The van der Waals surface area contributed by atoms with Crippen LogP contribution in [0.15, 0.2) is 18.5 Å². The maximum Gasteiger partial charge on any atom is 0.137 e. The fourth-order valence-electron chi connectivity index (χ4n) is 1.66. The van der Waals surface area contributed by atoms with Gasteiger partial charge < -0.3 is 10.5 Å². The smallest absolute Gasteiger partial charge is 0.137 e. The normalized spacial score (nSPS) is 12.4. The van der Waals surface area contributed by atoms with Crippen LogP contribution in [0.5, 0.6) is 5.75 Å². The minimum atomic E-state index is 0.0828. The van der Waals surface area contributed by atoms with Gasteiger partial charge in [-0.1, -0.05) is 26.2 Å². The van der Waals surface area contributed by atoms with E-state index in [0.717, 1.165) is 17.7 Å². The van der Waals surface area contributed by atoms with Crippen LogP contribution in [-0.4, -0.2) is 11.6 Å². The van der Waals surface area contributed by atoms with E-state index < -0.39 is 0 Å². The van der Waals surface area contributed by atoms with Crippen LogP contribution in [0.4, 0.5) is 0 Å². The van der Waals surface area contributed by atoms with Crippen molar-refractivity contribution in [3.05, 3.63) is 24.0 Å². The molecule has 0 radical (unpaired) electrons. The van der Waals surface area contributed by atoms with Gasteiger partial charge in [-0.25, -0.2) is 0 Å². The third-order valence-electron chi connectivity index (χ3n) is 2.59. The van der Waals surface area contributed by atoms with E-state index in [1.807, 2.05) is 19.2 Å². The summed E-state index contributed by atoms with van der Waals surface area (Å²) in [5.41, 5.74) is 7.18. The summed E-state index contributed by atoms with van der Waals surface area (Å²) in [7, 11) is 0. The first-order valence-corrected chi connectivity index (χ1v) is 6.11. The van der Waals surface area contributed by atoms with Crippen LogP contribution in [-0.2, 0) is 0 Å². The number of nitrogens with zero attached hydrogens (tertiary/aromatic N) is 1. The molecule has 0 aromatic carbocycles. The average Bonchev–Trinajstić information content (AvgIpc) is 2.30. The topological polar surface area (TPSA) is 48.1 Å². The standard InChI is InChI=1S/C13H22N2O/c1-3-5-6-7-13(14)11-8-12(16-4-2)10-15-9-11/h8-10,13H,3-7,14H2,1-2H3. The Balaban J connectivity index is 2.53. The number of pyridine rings is 1. The highest BCUT2D eigenvalue weighted by Gasteiger charge is 2.07. The Hall–Kier alpha value is -1.09. The van der Waals surface area contributed by atoms with Crippen molar-refractivity contribution in [1.29, 1.82) is 0 Å². The van der Waals surface area contributed by atoms with Gasteiger partial charge in [0, 0.05) is 12.2 Å². The van der Waals surface area contributed by atoms with Crippen molar-refractivity contribution in [3.8, 4) is 5.75 Å². The number of ether oxygens (including phenoxy) is 1. The first-order valence-electron chi connectivity index (χ1n) is 6.11. The molecule has 1 aromatic heterocycles. The third kappa shape index (κ3) is 4.19. The summed E-state index contributed by atoms with van der Waals surface area (Å²) in [6, 6.07) is 2.08. The van der Waals surface area contributed by atoms with E-state index in [9.17, 15) is 0 Å². The van der Waals surface area contributed by atoms with Gasteiger partial charge in [-0.15, -0.1) is 0 Å². The molecule has 3 heteroatoms. The van der Waals surface area contributed by atoms with E-state index in [1.54, 1.807) is 6.20 Å². The first kappa shape index (κ1) is 13.0. The highest BCUT2D eigenvalue weighted by atomic mass is 16.5. The van der Waals surface area contributed by atoms with Crippen LogP contribution in [0, 0.1) is 0 Å². The second-order valence-corrected chi connectivity index (χ2v) is 3.99. The van der Waals surface area contributed by atoms with Crippen LogP contribution in [0.1, 0.15) is 51.1 Å². The predicted molar refractivity (Wildman–Crippen MR) is 66.5 cm³/mol. The van der Waals surface area contributed by atoms with E-state index in [0.29, 0.717) is 6.61 Å². The van der Waals surface area contributed by atoms with Crippen molar-refractivity contribution in [1.82, 2.24) is 4.98 Å². The molecule has 1 rings (SSSR count). The Morgan fingerprint density at radius 3 is 2.81 bits per heavy atom. The van der Waals surface area contributed by atoms with Gasteiger partial charge in [0.05, 0.1) is 12.8 Å². The zero-order chi connectivity index (χ0) is 11.8. The van der Waals surface area contributed by atoms with E-state index in [4.69, 9.17) is 10.5 Å². The Bertz CT molecular complexity index is 302. The molecule has 0 bridgehead atoms. The number of unbranched alkanes of at least 4 members (excludes halogenated alkanes) is 2. The summed E-state index contributed by atoms with van der Waals surface area (Å²) < 4.78 is 5.40. The van der Waals surface area contributed by atoms with Crippen LogP contribution in [0.2, 0.25) is 0 Å². The van der Waals surface area contributed by atoms with Crippen molar-refractivity contribution in [2.45, 2.75) is 45.6 Å². The van der Waals surface area contributed by atoms with Crippen molar-refractivity contribution < 1.29 is 4.74 Å². The average molecular weight is 222 g/mol. The maximum atomic E-state index is 6.11. The molecule has 0 fully saturated rings. The highest BCUT2D eigenvalue weighted by molar-refractivity contribution is 5.25. The number of rotatable bonds is 7. The molecule has 0 saturated heterocycles. The number of hydrogen-bond acceptors (Lipinski definition) is 3. The lowest BCUT2D eigenvalue weighted by molar-refractivity contribution is 0.338. The second-order valence-electron chi connectivity index (χ2n) is 3.99. The lowest BCUT2D eigenvalue weighted by Crippen LogP contribution is -2.10. The molecule has 0 aliphatic rings. The van der Waals surface area contributed by atoms with Crippen LogP contribution < -0.4 is 10.5 Å². The first-order chi connectivity index (χ1) is 7.77. The fourth-order valence-corrected chi connectivity index (χ4v) is 1.66. The molecule has 1 atom stereocenters. The number of aromatic nitrogens is 1. The van der Waals surface area contributed by atoms with Gasteiger partial charge in [0.25, 0.3) is 0 Å². The van der Waals surface area contributed by atoms with Gasteiger partial charge in [0.1, 0.15) is 5.75 Å². The van der Waals surface area contributed by atoms with Crippen molar-refractivity contribution in [2.75, 3.05) is 6.61 Å². The summed E-state index contributed by atoms with van der Waals surface area (Å²) in [5, 5.41) is 0. The molecule has 0 aliphatic carbocycles. The molecule has 2 N–H and O–H groups in total. The Morgan fingerprint density at radius 2 is 2.12 bits per heavy atom. The monoisotopic (exact) mass is 222 g/mol.